The SMILES string of the molecule is COCc1cc(NCCc2c[nH]c3cc(F)ccc23)n2ncnc2n1. The normalized spacial score (nSPS) is 11.4. The number of nitrogens with zero attached hydrogens (tertiary/aromatic N) is 4. The van der Waals surface area contributed by atoms with Crippen LogP contribution in [-0.4, -0.2) is 38.2 Å². The summed E-state index contributed by atoms with van der Waals surface area (Å²) in [5.74, 6) is 1.09. The van der Waals surface area contributed by atoms with Gasteiger partial charge in [-0.3, -0.25) is 0 Å². The van der Waals surface area contributed by atoms with E-state index >= 15 is 0 Å². The van der Waals surface area contributed by atoms with Crippen LogP contribution in [0.2, 0.25) is 0 Å². The van der Waals surface area contributed by atoms with Gasteiger partial charge in [-0.1, -0.05) is 0 Å². The van der Waals surface area contributed by atoms with Crippen LogP contribution in [-0.2, 0) is 17.8 Å². The minimum absolute atomic E-state index is 0.241. The van der Waals surface area contributed by atoms with Crippen molar-refractivity contribution < 1.29 is 9.13 Å². The number of nitrogens with one attached hydrogen (secondary N) is 2. The molecule has 0 saturated carbocycles. The molecular weight excluding hydrogens is 323 g/mol. The maximum Gasteiger partial charge on any atom is 0.254 e. The lowest BCUT2D eigenvalue weighted by Crippen LogP contribution is -2.11. The summed E-state index contributed by atoms with van der Waals surface area (Å²) in [6.07, 6.45) is 4.17. The number of ether oxygens (including phenoxy) is 1. The Bertz CT molecular complexity index is 1020. The first-order valence-corrected chi connectivity index (χ1v) is 7.92. The second-order valence-corrected chi connectivity index (χ2v) is 5.72. The van der Waals surface area contributed by atoms with E-state index in [1.54, 1.807) is 17.7 Å². The van der Waals surface area contributed by atoms with E-state index in [0.29, 0.717) is 18.9 Å². The zero-order chi connectivity index (χ0) is 17.2. The van der Waals surface area contributed by atoms with Crippen LogP contribution in [0.4, 0.5) is 10.2 Å². The van der Waals surface area contributed by atoms with Gasteiger partial charge in [0.25, 0.3) is 5.78 Å². The summed E-state index contributed by atoms with van der Waals surface area (Å²) in [4.78, 5) is 11.6. The summed E-state index contributed by atoms with van der Waals surface area (Å²) < 4.78 is 20.1. The summed E-state index contributed by atoms with van der Waals surface area (Å²) in [6.45, 7) is 1.10. The number of aromatic amines is 1. The number of hydrogen-bond donors (Lipinski definition) is 2. The molecule has 0 aliphatic rings. The molecule has 8 heteroatoms. The number of aromatic nitrogens is 5. The Morgan fingerprint density at radius 2 is 2.24 bits per heavy atom. The molecule has 25 heavy (non-hydrogen) atoms. The number of anilines is 1. The topological polar surface area (TPSA) is 80.1 Å². The zero-order valence-electron chi connectivity index (χ0n) is 13.7. The molecule has 0 saturated heterocycles. The first-order chi connectivity index (χ1) is 12.2. The summed E-state index contributed by atoms with van der Waals surface area (Å²) in [5, 5.41) is 8.58. The number of H-pyrrole nitrogens is 1. The molecule has 3 aromatic heterocycles. The molecule has 1 aromatic carbocycles. The largest absolute Gasteiger partial charge is 0.378 e. The third-order valence-electron chi connectivity index (χ3n) is 4.03. The summed E-state index contributed by atoms with van der Waals surface area (Å²) in [6, 6.07) is 6.68. The molecule has 128 valence electrons. The van der Waals surface area contributed by atoms with E-state index in [1.165, 1.54) is 18.5 Å². The van der Waals surface area contributed by atoms with Crippen molar-refractivity contribution in [3.63, 3.8) is 0 Å². The van der Waals surface area contributed by atoms with Crippen LogP contribution >= 0.6 is 0 Å². The first kappa shape index (κ1) is 15.5. The summed E-state index contributed by atoms with van der Waals surface area (Å²) in [5.41, 5.74) is 2.72. The van der Waals surface area contributed by atoms with Crippen LogP contribution in [0.25, 0.3) is 16.7 Å². The van der Waals surface area contributed by atoms with Gasteiger partial charge in [-0.05, 0) is 30.2 Å². The molecule has 0 aliphatic carbocycles. The molecule has 4 aromatic rings. The van der Waals surface area contributed by atoms with Gasteiger partial charge in [0.05, 0.1) is 12.3 Å². The molecular formula is C17H17FN6O. The van der Waals surface area contributed by atoms with Gasteiger partial charge in [0.1, 0.15) is 18.0 Å². The Kier molecular flexibility index (Phi) is 4.02. The van der Waals surface area contributed by atoms with Gasteiger partial charge >= 0.3 is 0 Å². The number of fused-ring (bicyclic) bond motifs is 2. The Morgan fingerprint density at radius 1 is 1.32 bits per heavy atom. The third-order valence-corrected chi connectivity index (χ3v) is 4.03. The van der Waals surface area contributed by atoms with E-state index in [4.69, 9.17) is 4.74 Å². The first-order valence-electron chi connectivity index (χ1n) is 7.92. The smallest absolute Gasteiger partial charge is 0.254 e. The molecule has 3 heterocycles. The molecule has 0 radical (unpaired) electrons. The van der Waals surface area contributed by atoms with E-state index in [0.717, 1.165) is 34.4 Å². The predicted molar refractivity (Wildman–Crippen MR) is 91.9 cm³/mol. The highest BCUT2D eigenvalue weighted by atomic mass is 19.1. The van der Waals surface area contributed by atoms with Gasteiger partial charge in [0.15, 0.2) is 0 Å². The summed E-state index contributed by atoms with van der Waals surface area (Å²) in [7, 11) is 1.63. The lowest BCUT2D eigenvalue weighted by Gasteiger charge is -2.09. The van der Waals surface area contributed by atoms with Gasteiger partial charge in [-0.2, -0.15) is 14.6 Å². The summed E-state index contributed by atoms with van der Waals surface area (Å²) >= 11 is 0. The Morgan fingerprint density at radius 3 is 3.12 bits per heavy atom. The number of rotatable bonds is 6. The lowest BCUT2D eigenvalue weighted by molar-refractivity contribution is 0.181. The molecule has 0 atom stereocenters. The standard InChI is InChI=1S/C17H17FN6O/c1-25-9-13-7-16(24-17(23-13)21-10-22-24)19-5-4-11-8-20-15-6-12(18)2-3-14(11)15/h2-3,6-8,10,19-20H,4-5,9H2,1H3. The van der Waals surface area contributed by atoms with E-state index in [-0.39, 0.29) is 5.82 Å². The Hall–Kier alpha value is -3.00. The van der Waals surface area contributed by atoms with Crippen molar-refractivity contribution in [3.05, 3.63) is 53.9 Å². The minimum atomic E-state index is -0.241. The average Bonchev–Trinajstić information content (AvgIpc) is 3.22. The molecule has 0 aliphatic heterocycles. The fourth-order valence-electron chi connectivity index (χ4n) is 2.90. The maximum absolute atomic E-state index is 13.3. The van der Waals surface area contributed by atoms with Gasteiger partial charge < -0.3 is 15.0 Å². The number of benzene rings is 1. The molecule has 0 bridgehead atoms. The van der Waals surface area contributed by atoms with Crippen molar-refractivity contribution in [2.45, 2.75) is 13.0 Å². The van der Waals surface area contributed by atoms with Crippen LogP contribution < -0.4 is 5.32 Å². The average molecular weight is 340 g/mol. The fraction of sp³-hybridized carbons (Fsp3) is 0.235. The van der Waals surface area contributed by atoms with Crippen molar-refractivity contribution in [1.82, 2.24) is 24.6 Å². The van der Waals surface area contributed by atoms with Gasteiger partial charge in [-0.25, -0.2) is 9.37 Å². The van der Waals surface area contributed by atoms with Crippen molar-refractivity contribution in [3.8, 4) is 0 Å². The molecule has 0 fully saturated rings. The van der Waals surface area contributed by atoms with Crippen LogP contribution in [0.3, 0.4) is 0 Å². The lowest BCUT2D eigenvalue weighted by atomic mass is 10.1. The zero-order valence-corrected chi connectivity index (χ0v) is 13.7. The predicted octanol–water partition coefficient (Wildman–Crippen LogP) is 2.55. The highest BCUT2D eigenvalue weighted by Crippen LogP contribution is 2.20. The van der Waals surface area contributed by atoms with Crippen LogP contribution in [0, 0.1) is 5.82 Å². The van der Waals surface area contributed by atoms with E-state index in [9.17, 15) is 4.39 Å². The molecule has 0 amide bonds. The van der Waals surface area contributed by atoms with Crippen LogP contribution in [0.1, 0.15) is 11.3 Å². The number of methoxy groups -OCH3 is 1. The second-order valence-electron chi connectivity index (χ2n) is 5.72. The van der Waals surface area contributed by atoms with Crippen molar-refractivity contribution >= 4 is 22.5 Å². The molecule has 2 N–H and O–H groups in total. The van der Waals surface area contributed by atoms with Crippen molar-refractivity contribution in [1.29, 1.82) is 0 Å². The monoisotopic (exact) mass is 340 g/mol. The van der Waals surface area contributed by atoms with E-state index < -0.39 is 0 Å². The maximum atomic E-state index is 13.3. The van der Waals surface area contributed by atoms with Gasteiger partial charge in [0, 0.05) is 36.8 Å². The Labute approximate surface area is 142 Å². The second kappa shape index (κ2) is 6.48. The fourth-order valence-corrected chi connectivity index (χ4v) is 2.90. The number of hydrogen-bond acceptors (Lipinski definition) is 5. The third kappa shape index (κ3) is 3.03. The molecule has 0 unspecified atom stereocenters. The van der Waals surface area contributed by atoms with Crippen molar-refractivity contribution in [2.75, 3.05) is 19.0 Å². The molecule has 0 spiro atoms. The number of halogens is 1. The van der Waals surface area contributed by atoms with Crippen molar-refractivity contribution in [2.24, 2.45) is 0 Å². The molecule has 4 rings (SSSR count). The van der Waals surface area contributed by atoms with Gasteiger partial charge in [-0.15, -0.1) is 0 Å². The quantitative estimate of drug-likeness (QED) is 0.564. The van der Waals surface area contributed by atoms with Crippen LogP contribution in [0.15, 0.2) is 36.8 Å². The van der Waals surface area contributed by atoms with E-state index in [1.807, 2.05) is 12.3 Å². The molecule has 7 nitrogen and oxygen atoms in total. The Balaban J connectivity index is 1.52. The minimum Gasteiger partial charge on any atom is -0.378 e. The van der Waals surface area contributed by atoms with Crippen LogP contribution in [0.5, 0.6) is 0 Å². The van der Waals surface area contributed by atoms with Gasteiger partial charge in [0.2, 0.25) is 0 Å². The highest BCUT2D eigenvalue weighted by Gasteiger charge is 2.09. The van der Waals surface area contributed by atoms with E-state index in [2.05, 4.69) is 25.4 Å². The highest BCUT2D eigenvalue weighted by molar-refractivity contribution is 5.83.